The molecule has 122 valence electrons. The summed E-state index contributed by atoms with van der Waals surface area (Å²) in [7, 11) is 0. The van der Waals surface area contributed by atoms with Crippen molar-refractivity contribution in [3.63, 3.8) is 0 Å². The van der Waals surface area contributed by atoms with Gasteiger partial charge in [0.05, 0.1) is 0 Å². The summed E-state index contributed by atoms with van der Waals surface area (Å²) in [6.07, 6.45) is 10.6. The molecule has 6 nitrogen and oxygen atoms in total. The standard InChI is InChI=1S/C18H20N6/c19-16-13-2-1-6-20-14(13)12-18(16)4-9-23(10-5-18)17-22-7-3-15-21-8-11-24(15)17/h1-3,6-8,11,16H,4-5,9-10,12,19H2. The first-order chi connectivity index (χ1) is 11.8. The third kappa shape index (κ3) is 1.89. The summed E-state index contributed by atoms with van der Waals surface area (Å²) in [4.78, 5) is 15.8. The predicted molar refractivity (Wildman–Crippen MR) is 91.7 cm³/mol. The van der Waals surface area contributed by atoms with Crippen LogP contribution in [0.5, 0.6) is 0 Å². The van der Waals surface area contributed by atoms with Crippen molar-refractivity contribution in [1.29, 1.82) is 0 Å². The number of imidazole rings is 1. The van der Waals surface area contributed by atoms with E-state index in [2.05, 4.69) is 30.3 Å². The van der Waals surface area contributed by atoms with Gasteiger partial charge >= 0.3 is 0 Å². The summed E-state index contributed by atoms with van der Waals surface area (Å²) >= 11 is 0. The Morgan fingerprint density at radius 2 is 1.92 bits per heavy atom. The van der Waals surface area contributed by atoms with E-state index in [-0.39, 0.29) is 11.5 Å². The van der Waals surface area contributed by atoms with Crippen LogP contribution in [0.3, 0.4) is 0 Å². The third-order valence-corrected chi connectivity index (χ3v) is 5.78. The number of hydrogen-bond acceptors (Lipinski definition) is 5. The van der Waals surface area contributed by atoms with Crippen LogP contribution in [-0.2, 0) is 6.42 Å². The molecule has 3 aromatic rings. The van der Waals surface area contributed by atoms with Gasteiger partial charge in [-0.1, -0.05) is 6.07 Å². The monoisotopic (exact) mass is 320 g/mol. The van der Waals surface area contributed by atoms with Gasteiger partial charge in [0.2, 0.25) is 5.95 Å². The number of nitrogens with zero attached hydrogens (tertiary/aromatic N) is 5. The zero-order chi connectivity index (χ0) is 16.1. The van der Waals surface area contributed by atoms with Crippen LogP contribution in [0.1, 0.15) is 30.1 Å². The third-order valence-electron chi connectivity index (χ3n) is 5.78. The number of pyridine rings is 1. The average molecular weight is 320 g/mol. The molecule has 1 aliphatic heterocycles. The van der Waals surface area contributed by atoms with Gasteiger partial charge in [-0.05, 0) is 42.4 Å². The highest BCUT2D eigenvalue weighted by molar-refractivity contribution is 5.47. The molecular formula is C18H20N6. The van der Waals surface area contributed by atoms with Gasteiger partial charge in [0, 0.05) is 49.6 Å². The van der Waals surface area contributed by atoms with Gasteiger partial charge < -0.3 is 10.6 Å². The topological polar surface area (TPSA) is 72.3 Å². The van der Waals surface area contributed by atoms with E-state index in [4.69, 9.17) is 5.73 Å². The van der Waals surface area contributed by atoms with E-state index in [1.165, 1.54) is 11.3 Å². The van der Waals surface area contributed by atoms with Crippen LogP contribution in [0.2, 0.25) is 0 Å². The molecular weight excluding hydrogens is 300 g/mol. The molecule has 1 unspecified atom stereocenters. The molecule has 0 radical (unpaired) electrons. The molecule has 0 amide bonds. The van der Waals surface area contributed by atoms with Crippen LogP contribution in [0.4, 0.5) is 5.95 Å². The Morgan fingerprint density at radius 1 is 1.04 bits per heavy atom. The lowest BCUT2D eigenvalue weighted by Gasteiger charge is -2.42. The van der Waals surface area contributed by atoms with Crippen LogP contribution < -0.4 is 10.6 Å². The average Bonchev–Trinajstić information content (AvgIpc) is 3.20. The van der Waals surface area contributed by atoms with Crippen LogP contribution >= 0.6 is 0 Å². The molecule has 1 saturated heterocycles. The maximum atomic E-state index is 6.62. The predicted octanol–water partition coefficient (Wildman–Crippen LogP) is 1.97. The number of hydrogen-bond donors (Lipinski definition) is 1. The van der Waals surface area contributed by atoms with Crippen LogP contribution in [0.25, 0.3) is 5.65 Å². The molecule has 24 heavy (non-hydrogen) atoms. The second kappa shape index (κ2) is 5.01. The lowest BCUT2D eigenvalue weighted by Crippen LogP contribution is -2.45. The van der Waals surface area contributed by atoms with Gasteiger partial charge in [0.1, 0.15) is 5.65 Å². The lowest BCUT2D eigenvalue weighted by atomic mass is 9.73. The summed E-state index contributed by atoms with van der Waals surface area (Å²) in [5, 5.41) is 0. The quantitative estimate of drug-likeness (QED) is 0.742. The molecule has 0 bridgehead atoms. The zero-order valence-electron chi connectivity index (χ0n) is 13.5. The highest BCUT2D eigenvalue weighted by Crippen LogP contribution is 2.50. The van der Waals surface area contributed by atoms with Crippen molar-refractivity contribution in [2.45, 2.75) is 25.3 Å². The zero-order valence-corrected chi connectivity index (χ0v) is 13.5. The van der Waals surface area contributed by atoms with Gasteiger partial charge in [0.15, 0.2) is 0 Å². The van der Waals surface area contributed by atoms with E-state index in [9.17, 15) is 0 Å². The Morgan fingerprint density at radius 3 is 2.75 bits per heavy atom. The fourth-order valence-corrected chi connectivity index (χ4v) is 4.37. The number of aromatic nitrogens is 4. The van der Waals surface area contributed by atoms with E-state index in [0.29, 0.717) is 0 Å². The number of nitrogens with two attached hydrogens (primary N) is 1. The Kier molecular flexibility index (Phi) is 2.91. The van der Waals surface area contributed by atoms with Crippen molar-refractivity contribution in [1.82, 2.24) is 19.4 Å². The van der Waals surface area contributed by atoms with Crippen molar-refractivity contribution < 1.29 is 0 Å². The summed E-state index contributed by atoms with van der Waals surface area (Å²) in [5.41, 5.74) is 10.1. The van der Waals surface area contributed by atoms with Gasteiger partial charge in [-0.15, -0.1) is 0 Å². The second-order valence-electron chi connectivity index (χ2n) is 6.94. The van der Waals surface area contributed by atoms with E-state index in [1.807, 2.05) is 36.9 Å². The molecule has 1 atom stereocenters. The number of anilines is 1. The Bertz CT molecular complexity index is 893. The van der Waals surface area contributed by atoms with E-state index < -0.39 is 0 Å². The SMILES string of the molecule is NC1c2cccnc2CC12CCN(c1nccc3nccn13)CC2. The molecule has 0 aromatic carbocycles. The fourth-order valence-electron chi connectivity index (χ4n) is 4.37. The Hall–Kier alpha value is -2.47. The van der Waals surface area contributed by atoms with Crippen LogP contribution in [0, 0.1) is 5.41 Å². The van der Waals surface area contributed by atoms with Gasteiger partial charge in [-0.25, -0.2) is 9.97 Å². The molecule has 6 heteroatoms. The minimum atomic E-state index is 0.0975. The largest absolute Gasteiger partial charge is 0.342 e. The Balaban J connectivity index is 1.41. The molecule has 0 saturated carbocycles. The van der Waals surface area contributed by atoms with E-state index in [0.717, 1.165) is 43.9 Å². The fraction of sp³-hybridized carbons (Fsp3) is 0.389. The summed E-state index contributed by atoms with van der Waals surface area (Å²) in [5.74, 6) is 0.974. The highest BCUT2D eigenvalue weighted by Gasteiger charge is 2.46. The normalized spacial score (nSPS) is 22.2. The molecule has 5 rings (SSSR count). The second-order valence-corrected chi connectivity index (χ2v) is 6.94. The van der Waals surface area contributed by atoms with Crippen molar-refractivity contribution in [3.05, 3.63) is 54.2 Å². The molecule has 4 heterocycles. The van der Waals surface area contributed by atoms with Gasteiger partial charge in [-0.2, -0.15) is 0 Å². The minimum Gasteiger partial charge on any atom is -0.342 e. The van der Waals surface area contributed by atoms with Crippen molar-refractivity contribution in [2.75, 3.05) is 18.0 Å². The highest BCUT2D eigenvalue weighted by atomic mass is 15.3. The molecule has 1 aliphatic carbocycles. The first-order valence-electron chi connectivity index (χ1n) is 8.49. The molecule has 2 aliphatic rings. The molecule has 3 aromatic heterocycles. The van der Waals surface area contributed by atoms with E-state index >= 15 is 0 Å². The maximum absolute atomic E-state index is 6.62. The molecule has 1 fully saturated rings. The molecule has 2 N–H and O–H groups in total. The van der Waals surface area contributed by atoms with Crippen molar-refractivity contribution in [2.24, 2.45) is 11.1 Å². The summed E-state index contributed by atoms with van der Waals surface area (Å²) < 4.78 is 2.06. The van der Waals surface area contributed by atoms with E-state index in [1.54, 1.807) is 0 Å². The minimum absolute atomic E-state index is 0.0975. The van der Waals surface area contributed by atoms with Gasteiger partial charge in [0.25, 0.3) is 0 Å². The number of rotatable bonds is 1. The van der Waals surface area contributed by atoms with Crippen molar-refractivity contribution >= 4 is 11.6 Å². The van der Waals surface area contributed by atoms with Gasteiger partial charge in [-0.3, -0.25) is 9.38 Å². The first kappa shape index (κ1) is 13.9. The number of fused-ring (bicyclic) bond motifs is 2. The number of piperidine rings is 1. The summed E-state index contributed by atoms with van der Waals surface area (Å²) in [6.45, 7) is 1.93. The van der Waals surface area contributed by atoms with Crippen LogP contribution in [0.15, 0.2) is 43.0 Å². The lowest BCUT2D eigenvalue weighted by molar-refractivity contribution is 0.186. The Labute approximate surface area is 140 Å². The summed E-state index contributed by atoms with van der Waals surface area (Å²) in [6, 6.07) is 6.17. The first-order valence-corrected chi connectivity index (χ1v) is 8.49. The van der Waals surface area contributed by atoms with Crippen LogP contribution in [-0.4, -0.2) is 32.4 Å². The van der Waals surface area contributed by atoms with Crippen molar-refractivity contribution in [3.8, 4) is 0 Å². The smallest absolute Gasteiger partial charge is 0.211 e. The molecule has 1 spiro atoms. The maximum Gasteiger partial charge on any atom is 0.211 e.